The predicted octanol–water partition coefficient (Wildman–Crippen LogP) is 2.21. The van der Waals surface area contributed by atoms with E-state index in [-0.39, 0.29) is 0 Å². The van der Waals surface area contributed by atoms with Gasteiger partial charge in [0.1, 0.15) is 0 Å². The van der Waals surface area contributed by atoms with E-state index >= 15 is 0 Å². The topological polar surface area (TPSA) is 54.5 Å². The lowest BCUT2D eigenvalue weighted by atomic mass is 10.3. The number of aryl methyl sites for hydroxylation is 2. The average Bonchev–Trinajstić information content (AvgIpc) is 2.71. The third-order valence-corrected chi connectivity index (χ3v) is 4.03. The molecule has 0 aliphatic heterocycles. The molecule has 0 unspecified atom stereocenters. The van der Waals surface area contributed by atoms with Crippen LogP contribution in [0.15, 0.2) is 4.99 Å². The monoisotopic (exact) mass is 268 g/mol. The van der Waals surface area contributed by atoms with Crippen molar-refractivity contribution in [3.63, 3.8) is 0 Å². The summed E-state index contributed by atoms with van der Waals surface area (Å²) in [4.78, 5) is 12.4. The van der Waals surface area contributed by atoms with Crippen LogP contribution in [-0.2, 0) is 12.8 Å². The van der Waals surface area contributed by atoms with E-state index in [1.165, 1.54) is 15.6 Å². The summed E-state index contributed by atoms with van der Waals surface area (Å²) in [5, 5.41) is 1.17. The van der Waals surface area contributed by atoms with Crippen molar-refractivity contribution in [3.8, 4) is 0 Å². The largest absolute Gasteiger partial charge is 0.370 e. The van der Waals surface area contributed by atoms with Crippen LogP contribution in [0.2, 0.25) is 0 Å². The van der Waals surface area contributed by atoms with Gasteiger partial charge in [-0.15, -0.1) is 11.3 Å². The molecule has 2 N–H and O–H groups in total. The second-order valence-electron chi connectivity index (χ2n) is 4.13. The molecule has 4 nitrogen and oxygen atoms in total. The Morgan fingerprint density at radius 3 is 2.50 bits per heavy atom. The SMILES string of the molecule is CCc1nc(CCN=C(N)N(CC)CC)sc1C. The highest BCUT2D eigenvalue weighted by atomic mass is 32.1. The molecular weight excluding hydrogens is 244 g/mol. The highest BCUT2D eigenvalue weighted by Crippen LogP contribution is 2.18. The van der Waals surface area contributed by atoms with Crippen LogP contribution < -0.4 is 5.73 Å². The van der Waals surface area contributed by atoms with Crippen molar-refractivity contribution in [1.82, 2.24) is 9.88 Å². The lowest BCUT2D eigenvalue weighted by Crippen LogP contribution is -2.37. The summed E-state index contributed by atoms with van der Waals surface area (Å²) in [5.74, 6) is 0.643. The van der Waals surface area contributed by atoms with Gasteiger partial charge in [0.15, 0.2) is 5.96 Å². The summed E-state index contributed by atoms with van der Waals surface area (Å²) < 4.78 is 0. The number of aliphatic imine (C=N–C) groups is 1. The molecule has 0 aliphatic carbocycles. The van der Waals surface area contributed by atoms with Gasteiger partial charge in [-0.25, -0.2) is 4.98 Å². The van der Waals surface area contributed by atoms with E-state index < -0.39 is 0 Å². The van der Waals surface area contributed by atoms with Gasteiger partial charge in [0.2, 0.25) is 0 Å². The Morgan fingerprint density at radius 2 is 2.00 bits per heavy atom. The molecule has 0 spiro atoms. The first-order valence-corrected chi connectivity index (χ1v) is 7.43. The number of nitrogens with two attached hydrogens (primary N) is 1. The maximum Gasteiger partial charge on any atom is 0.191 e. The lowest BCUT2D eigenvalue weighted by Gasteiger charge is -2.19. The Balaban J connectivity index is 2.52. The summed E-state index contributed by atoms with van der Waals surface area (Å²) in [5.41, 5.74) is 7.14. The molecule has 1 aromatic rings. The summed E-state index contributed by atoms with van der Waals surface area (Å²) in [6.45, 7) is 11.0. The van der Waals surface area contributed by atoms with Gasteiger partial charge in [0.05, 0.1) is 10.7 Å². The molecule has 1 aromatic heterocycles. The quantitative estimate of drug-likeness (QED) is 0.636. The van der Waals surface area contributed by atoms with Gasteiger partial charge in [-0.2, -0.15) is 0 Å². The first kappa shape index (κ1) is 15.0. The first-order valence-electron chi connectivity index (χ1n) is 6.62. The number of hydrogen-bond donors (Lipinski definition) is 1. The zero-order valence-electron chi connectivity index (χ0n) is 11.9. The molecule has 0 saturated heterocycles. The summed E-state index contributed by atoms with van der Waals surface area (Å²) in [6.07, 6.45) is 1.89. The van der Waals surface area contributed by atoms with Gasteiger partial charge in [0.25, 0.3) is 0 Å². The molecule has 0 aromatic carbocycles. The van der Waals surface area contributed by atoms with Crippen LogP contribution >= 0.6 is 11.3 Å². The minimum atomic E-state index is 0.643. The first-order chi connectivity index (χ1) is 8.62. The Kier molecular flexibility index (Phi) is 6.12. The maximum absolute atomic E-state index is 5.92. The van der Waals surface area contributed by atoms with Crippen molar-refractivity contribution >= 4 is 17.3 Å². The molecule has 18 heavy (non-hydrogen) atoms. The van der Waals surface area contributed by atoms with Crippen molar-refractivity contribution < 1.29 is 0 Å². The summed E-state index contributed by atoms with van der Waals surface area (Å²) in [6, 6.07) is 0. The summed E-state index contributed by atoms with van der Waals surface area (Å²) in [7, 11) is 0. The van der Waals surface area contributed by atoms with Crippen molar-refractivity contribution in [1.29, 1.82) is 0 Å². The fraction of sp³-hybridized carbons (Fsp3) is 0.692. The third kappa shape index (κ3) is 3.98. The number of aromatic nitrogens is 1. The van der Waals surface area contributed by atoms with E-state index in [1.54, 1.807) is 11.3 Å². The van der Waals surface area contributed by atoms with E-state index in [2.05, 4.69) is 42.6 Å². The molecule has 0 atom stereocenters. The van der Waals surface area contributed by atoms with Gasteiger partial charge in [-0.1, -0.05) is 6.92 Å². The van der Waals surface area contributed by atoms with Crippen molar-refractivity contribution in [2.75, 3.05) is 19.6 Å². The predicted molar refractivity (Wildman–Crippen MR) is 79.3 cm³/mol. The number of rotatable bonds is 6. The molecule has 0 saturated carbocycles. The molecule has 102 valence electrons. The van der Waals surface area contributed by atoms with Gasteiger partial charge in [-0.3, -0.25) is 4.99 Å². The van der Waals surface area contributed by atoms with E-state index in [1.807, 2.05) is 0 Å². The third-order valence-electron chi connectivity index (χ3n) is 2.96. The second-order valence-corrected chi connectivity index (χ2v) is 5.41. The molecule has 0 fully saturated rings. The molecule has 0 radical (unpaired) electrons. The minimum absolute atomic E-state index is 0.643. The van der Waals surface area contributed by atoms with Gasteiger partial charge in [0, 0.05) is 30.9 Å². The Morgan fingerprint density at radius 1 is 1.33 bits per heavy atom. The fourth-order valence-electron chi connectivity index (χ4n) is 1.84. The number of hydrogen-bond acceptors (Lipinski definition) is 3. The van der Waals surface area contributed by atoms with Crippen LogP contribution in [0.25, 0.3) is 0 Å². The molecular formula is C13H24N4S. The fourth-order valence-corrected chi connectivity index (χ4v) is 2.85. The average molecular weight is 268 g/mol. The Bertz CT molecular complexity index is 394. The van der Waals surface area contributed by atoms with Crippen LogP contribution in [-0.4, -0.2) is 35.5 Å². The van der Waals surface area contributed by atoms with E-state index in [0.29, 0.717) is 5.96 Å². The standard InChI is InChI=1S/C13H24N4S/c1-5-11-10(4)18-12(16-11)8-9-15-13(14)17(6-2)7-3/h5-9H2,1-4H3,(H2,14,15). The highest BCUT2D eigenvalue weighted by Gasteiger charge is 2.06. The van der Waals surface area contributed by atoms with Crippen LogP contribution in [0.3, 0.4) is 0 Å². The van der Waals surface area contributed by atoms with Crippen molar-refractivity contribution in [3.05, 3.63) is 15.6 Å². The van der Waals surface area contributed by atoms with Gasteiger partial charge >= 0.3 is 0 Å². The van der Waals surface area contributed by atoms with Crippen molar-refractivity contribution in [2.24, 2.45) is 10.7 Å². The molecule has 0 amide bonds. The van der Waals surface area contributed by atoms with E-state index in [9.17, 15) is 0 Å². The molecule has 5 heteroatoms. The van der Waals surface area contributed by atoms with Crippen LogP contribution in [0.4, 0.5) is 0 Å². The molecule has 0 bridgehead atoms. The van der Waals surface area contributed by atoms with Gasteiger partial charge in [-0.05, 0) is 27.2 Å². The second kappa shape index (κ2) is 7.36. The van der Waals surface area contributed by atoms with E-state index in [0.717, 1.165) is 32.5 Å². The van der Waals surface area contributed by atoms with Gasteiger partial charge < -0.3 is 10.6 Å². The maximum atomic E-state index is 5.92. The summed E-state index contributed by atoms with van der Waals surface area (Å²) >= 11 is 1.78. The zero-order valence-corrected chi connectivity index (χ0v) is 12.7. The number of nitrogens with zero attached hydrogens (tertiary/aromatic N) is 3. The smallest absolute Gasteiger partial charge is 0.191 e. The van der Waals surface area contributed by atoms with E-state index in [4.69, 9.17) is 5.73 Å². The number of guanidine groups is 1. The molecule has 1 rings (SSSR count). The Hall–Kier alpha value is -1.10. The molecule has 1 heterocycles. The van der Waals surface area contributed by atoms with Crippen LogP contribution in [0, 0.1) is 6.92 Å². The lowest BCUT2D eigenvalue weighted by molar-refractivity contribution is 0.458. The van der Waals surface area contributed by atoms with Crippen LogP contribution in [0.1, 0.15) is 36.3 Å². The minimum Gasteiger partial charge on any atom is -0.370 e. The van der Waals surface area contributed by atoms with Crippen molar-refractivity contribution in [2.45, 2.75) is 40.5 Å². The van der Waals surface area contributed by atoms with Crippen LogP contribution in [0.5, 0.6) is 0 Å². The Labute approximate surface area is 114 Å². The number of thiazole rings is 1. The highest BCUT2D eigenvalue weighted by molar-refractivity contribution is 7.11. The zero-order chi connectivity index (χ0) is 13.5. The molecule has 0 aliphatic rings. The normalized spacial score (nSPS) is 11.9.